The predicted molar refractivity (Wildman–Crippen MR) is 145 cm³/mol. The van der Waals surface area contributed by atoms with E-state index in [1.807, 2.05) is 6.08 Å². The zero-order chi connectivity index (χ0) is 23.1. The normalized spacial score (nSPS) is 13.5. The van der Waals surface area contributed by atoms with Crippen molar-refractivity contribution in [2.45, 2.75) is 0 Å². The molecule has 0 saturated carbocycles. The third-order valence-electron chi connectivity index (χ3n) is 6.50. The first-order valence-electron chi connectivity index (χ1n) is 11.4. The predicted octanol–water partition coefficient (Wildman–Crippen LogP) is 8.32. The van der Waals surface area contributed by atoms with Crippen molar-refractivity contribution in [3.8, 4) is 22.3 Å². The van der Waals surface area contributed by atoms with Crippen molar-refractivity contribution in [3.63, 3.8) is 0 Å². The van der Waals surface area contributed by atoms with Gasteiger partial charge in [0.05, 0.1) is 11.4 Å². The summed E-state index contributed by atoms with van der Waals surface area (Å²) in [6.45, 7) is 0. The molecule has 0 bridgehead atoms. The van der Waals surface area contributed by atoms with Crippen LogP contribution in [0, 0.1) is 10.8 Å². The molecule has 0 heterocycles. The zero-order valence-corrected chi connectivity index (χ0v) is 18.5. The fraction of sp³-hybridized carbons (Fsp3) is 0. The summed E-state index contributed by atoms with van der Waals surface area (Å²) in [5.74, 6) is 0. The third-order valence-corrected chi connectivity index (χ3v) is 6.50. The molecule has 5 aromatic carbocycles. The van der Waals surface area contributed by atoms with Crippen molar-refractivity contribution in [2.24, 2.45) is 0 Å². The van der Waals surface area contributed by atoms with Gasteiger partial charge in [-0.2, -0.15) is 0 Å². The number of rotatable bonds is 3. The van der Waals surface area contributed by atoms with Crippen molar-refractivity contribution in [1.82, 2.24) is 0 Å². The minimum atomic E-state index is 0.242. The highest BCUT2D eigenvalue weighted by molar-refractivity contribution is 6.50. The summed E-state index contributed by atoms with van der Waals surface area (Å²) >= 11 is 0. The van der Waals surface area contributed by atoms with Gasteiger partial charge in [0, 0.05) is 0 Å². The summed E-state index contributed by atoms with van der Waals surface area (Å²) in [5.41, 5.74) is 7.33. The first-order chi connectivity index (χ1) is 16.7. The van der Waals surface area contributed by atoms with Crippen LogP contribution in [0.4, 0.5) is 0 Å². The maximum atomic E-state index is 8.06. The molecule has 0 unspecified atom stereocenters. The largest absolute Gasteiger partial charge is 0.299 e. The quantitative estimate of drug-likeness (QED) is 0.212. The SMILES string of the molecule is N=C1C=CC(c2cccc(-c3c4ccccc4c(-c4ccccc4)c4ccccc34)c2)=CC1=N. The number of fused-ring (bicyclic) bond motifs is 2. The molecule has 0 radical (unpaired) electrons. The van der Waals surface area contributed by atoms with E-state index in [0.717, 1.165) is 16.7 Å². The maximum absolute atomic E-state index is 8.06. The third kappa shape index (κ3) is 3.28. The lowest BCUT2D eigenvalue weighted by atomic mass is 9.85. The molecule has 0 fully saturated rings. The molecule has 0 amide bonds. The number of hydrogen-bond donors (Lipinski definition) is 2. The lowest BCUT2D eigenvalue weighted by molar-refractivity contribution is 1.49. The molecule has 34 heavy (non-hydrogen) atoms. The topological polar surface area (TPSA) is 47.7 Å². The van der Waals surface area contributed by atoms with Gasteiger partial charge in [0.15, 0.2) is 0 Å². The van der Waals surface area contributed by atoms with Gasteiger partial charge in [0.2, 0.25) is 0 Å². The van der Waals surface area contributed by atoms with E-state index in [4.69, 9.17) is 10.8 Å². The fourth-order valence-electron chi connectivity index (χ4n) is 4.93. The van der Waals surface area contributed by atoms with Gasteiger partial charge in [-0.25, -0.2) is 0 Å². The Hall–Kier alpha value is -4.56. The standard InChI is InChI=1S/C32H22N2/c33-29-18-17-23(20-30(29)34)22-11-8-12-24(19-22)32-27-15-6-4-13-25(27)31(21-9-2-1-3-10-21)26-14-5-7-16-28(26)32/h1-20,33-34H. The molecule has 0 saturated heterocycles. The Kier molecular flexibility index (Phi) is 4.78. The van der Waals surface area contributed by atoms with Crippen LogP contribution in [0.3, 0.4) is 0 Å². The Bertz CT molecular complexity index is 1610. The number of allylic oxidation sites excluding steroid dienone is 4. The minimum absolute atomic E-state index is 0.242. The van der Waals surface area contributed by atoms with E-state index in [-0.39, 0.29) is 11.4 Å². The number of benzene rings is 5. The molecule has 2 heteroatoms. The highest BCUT2D eigenvalue weighted by Gasteiger charge is 2.17. The molecular weight excluding hydrogens is 412 g/mol. The van der Waals surface area contributed by atoms with Crippen molar-refractivity contribution < 1.29 is 0 Å². The van der Waals surface area contributed by atoms with Gasteiger partial charge >= 0.3 is 0 Å². The molecule has 6 rings (SSSR count). The Labute approximate surface area is 198 Å². The van der Waals surface area contributed by atoms with E-state index in [1.54, 1.807) is 12.2 Å². The van der Waals surface area contributed by atoms with Gasteiger partial charge in [-0.05, 0) is 73.2 Å². The lowest BCUT2D eigenvalue weighted by Gasteiger charge is -2.18. The molecule has 1 aliphatic carbocycles. The van der Waals surface area contributed by atoms with Crippen LogP contribution in [0.1, 0.15) is 5.56 Å². The number of nitrogens with one attached hydrogen (secondary N) is 2. The van der Waals surface area contributed by atoms with Crippen molar-refractivity contribution in [2.75, 3.05) is 0 Å². The summed E-state index contributed by atoms with van der Waals surface area (Å²) in [6, 6.07) is 36.5. The average Bonchev–Trinajstić information content (AvgIpc) is 2.89. The van der Waals surface area contributed by atoms with Crippen LogP contribution in [0.5, 0.6) is 0 Å². The molecule has 160 valence electrons. The number of hydrogen-bond acceptors (Lipinski definition) is 2. The van der Waals surface area contributed by atoms with Crippen molar-refractivity contribution in [1.29, 1.82) is 10.8 Å². The second-order valence-electron chi connectivity index (χ2n) is 8.55. The van der Waals surface area contributed by atoms with Crippen molar-refractivity contribution in [3.05, 3.63) is 127 Å². The maximum Gasteiger partial charge on any atom is 0.0795 e. The molecule has 0 aromatic heterocycles. The molecule has 0 aliphatic heterocycles. The highest BCUT2D eigenvalue weighted by atomic mass is 14.5. The second-order valence-corrected chi connectivity index (χ2v) is 8.55. The van der Waals surface area contributed by atoms with Crippen molar-refractivity contribution >= 4 is 38.5 Å². The molecule has 2 nitrogen and oxygen atoms in total. The van der Waals surface area contributed by atoms with E-state index >= 15 is 0 Å². The van der Waals surface area contributed by atoms with Crippen LogP contribution >= 0.6 is 0 Å². The Morgan fingerprint density at radius 3 is 1.50 bits per heavy atom. The van der Waals surface area contributed by atoms with Crippen LogP contribution in [0.25, 0.3) is 49.4 Å². The molecule has 2 N–H and O–H groups in total. The van der Waals surface area contributed by atoms with Gasteiger partial charge in [0.1, 0.15) is 0 Å². The van der Waals surface area contributed by atoms with Gasteiger partial charge in [-0.15, -0.1) is 0 Å². The molecule has 0 atom stereocenters. The Balaban J connectivity index is 1.66. The zero-order valence-electron chi connectivity index (χ0n) is 18.5. The van der Waals surface area contributed by atoms with Gasteiger partial charge in [-0.3, -0.25) is 10.8 Å². The fourth-order valence-corrected chi connectivity index (χ4v) is 4.93. The summed E-state index contributed by atoms with van der Waals surface area (Å²) in [5, 5.41) is 20.8. The van der Waals surface area contributed by atoms with Gasteiger partial charge in [0.25, 0.3) is 0 Å². The highest BCUT2D eigenvalue weighted by Crippen LogP contribution is 2.43. The Morgan fingerprint density at radius 2 is 0.912 bits per heavy atom. The van der Waals surface area contributed by atoms with E-state index in [1.165, 1.54) is 38.2 Å². The Morgan fingerprint density at radius 1 is 0.412 bits per heavy atom. The first-order valence-corrected chi connectivity index (χ1v) is 11.4. The van der Waals surface area contributed by atoms with E-state index in [9.17, 15) is 0 Å². The summed E-state index contributed by atoms with van der Waals surface area (Å²) in [4.78, 5) is 0. The van der Waals surface area contributed by atoms with Gasteiger partial charge in [-0.1, -0.05) is 103 Å². The van der Waals surface area contributed by atoms with E-state index in [0.29, 0.717) is 0 Å². The first kappa shape index (κ1) is 20.1. The van der Waals surface area contributed by atoms with Crippen LogP contribution < -0.4 is 0 Å². The summed E-state index contributed by atoms with van der Waals surface area (Å²) < 4.78 is 0. The van der Waals surface area contributed by atoms with Crippen LogP contribution in [-0.2, 0) is 0 Å². The minimum Gasteiger partial charge on any atom is -0.299 e. The van der Waals surface area contributed by atoms with Gasteiger partial charge < -0.3 is 0 Å². The molecule has 1 aliphatic rings. The summed E-state index contributed by atoms with van der Waals surface area (Å²) in [7, 11) is 0. The van der Waals surface area contributed by atoms with Crippen LogP contribution in [0.2, 0.25) is 0 Å². The van der Waals surface area contributed by atoms with E-state index in [2.05, 4.69) is 103 Å². The summed E-state index contributed by atoms with van der Waals surface area (Å²) in [6.07, 6.45) is 5.40. The smallest absolute Gasteiger partial charge is 0.0795 e. The molecule has 0 spiro atoms. The molecular formula is C32H22N2. The lowest BCUT2D eigenvalue weighted by Crippen LogP contribution is -2.09. The van der Waals surface area contributed by atoms with Crippen LogP contribution in [-0.4, -0.2) is 11.4 Å². The van der Waals surface area contributed by atoms with Crippen LogP contribution in [0.15, 0.2) is 121 Å². The monoisotopic (exact) mass is 434 g/mol. The van der Waals surface area contributed by atoms with E-state index < -0.39 is 0 Å². The average molecular weight is 435 g/mol. The second kappa shape index (κ2) is 8.09. The molecule has 5 aromatic rings.